The van der Waals surface area contributed by atoms with Gasteiger partial charge in [-0.25, -0.2) is 4.39 Å². The second kappa shape index (κ2) is 8.47. The lowest BCUT2D eigenvalue weighted by atomic mass is 9.84. The van der Waals surface area contributed by atoms with E-state index >= 15 is 0 Å². The number of halogens is 1. The Morgan fingerprint density at radius 3 is 2.46 bits per heavy atom. The summed E-state index contributed by atoms with van der Waals surface area (Å²) < 4.78 is 18.8. The number of piperidine rings is 1. The van der Waals surface area contributed by atoms with E-state index in [1.54, 1.807) is 0 Å². The topological polar surface area (TPSA) is 36.9 Å². The van der Waals surface area contributed by atoms with E-state index in [2.05, 4.69) is 29.1 Å². The molecule has 2 rings (SSSR count). The number of rotatable bonds is 5. The van der Waals surface area contributed by atoms with E-state index in [-0.39, 0.29) is 11.2 Å². The fraction of sp³-hybridized carbons (Fsp3) is 0.632. The van der Waals surface area contributed by atoms with Gasteiger partial charge in [-0.1, -0.05) is 26.0 Å². The van der Waals surface area contributed by atoms with Crippen LogP contribution in [0.25, 0.3) is 0 Å². The number of hydrogen-bond donors (Lipinski definition) is 1. The standard InChI is InChI=1S/C19H30FN3O/c1-5-24-17-10-12-23(13-11-17)18(21-4)22-14-19(2,3)15-6-8-16(20)9-7-15/h6-9,17H,5,10-14H2,1-4H3,(H,21,22). The molecule has 1 N–H and O–H groups in total. The number of guanidine groups is 1. The van der Waals surface area contributed by atoms with Gasteiger partial charge < -0.3 is 15.0 Å². The van der Waals surface area contributed by atoms with E-state index in [0.29, 0.717) is 6.10 Å². The Balaban J connectivity index is 1.90. The van der Waals surface area contributed by atoms with Crippen molar-refractivity contribution >= 4 is 5.96 Å². The molecule has 134 valence electrons. The Hall–Kier alpha value is -1.62. The minimum Gasteiger partial charge on any atom is -0.378 e. The van der Waals surface area contributed by atoms with Gasteiger partial charge in [0.05, 0.1) is 6.10 Å². The number of nitrogens with one attached hydrogen (secondary N) is 1. The molecule has 0 unspecified atom stereocenters. The second-order valence-corrected chi connectivity index (χ2v) is 6.93. The molecule has 0 aliphatic carbocycles. The molecule has 24 heavy (non-hydrogen) atoms. The molecule has 0 atom stereocenters. The molecular formula is C19H30FN3O. The molecule has 0 saturated carbocycles. The lowest BCUT2D eigenvalue weighted by Crippen LogP contribution is -2.49. The molecule has 0 amide bonds. The maximum absolute atomic E-state index is 13.1. The third-order valence-corrected chi connectivity index (χ3v) is 4.67. The van der Waals surface area contributed by atoms with Gasteiger partial charge in [0, 0.05) is 38.7 Å². The van der Waals surface area contributed by atoms with Crippen molar-refractivity contribution in [3.63, 3.8) is 0 Å². The highest BCUT2D eigenvalue weighted by Gasteiger charge is 2.25. The highest BCUT2D eigenvalue weighted by Crippen LogP contribution is 2.22. The molecule has 1 aromatic rings. The van der Waals surface area contributed by atoms with E-state index in [1.807, 2.05) is 26.1 Å². The first-order valence-corrected chi connectivity index (χ1v) is 8.79. The van der Waals surface area contributed by atoms with Crippen LogP contribution in [-0.2, 0) is 10.2 Å². The molecule has 1 aliphatic heterocycles. The maximum Gasteiger partial charge on any atom is 0.193 e. The van der Waals surface area contributed by atoms with Crippen LogP contribution in [0, 0.1) is 5.82 Å². The monoisotopic (exact) mass is 335 g/mol. The van der Waals surface area contributed by atoms with Gasteiger partial charge in [0.1, 0.15) is 5.82 Å². The molecule has 1 heterocycles. The predicted molar refractivity (Wildman–Crippen MR) is 97.0 cm³/mol. The summed E-state index contributed by atoms with van der Waals surface area (Å²) in [6.45, 7) is 9.80. The van der Waals surface area contributed by atoms with Crippen molar-refractivity contribution in [3.05, 3.63) is 35.6 Å². The minimum atomic E-state index is -0.199. The van der Waals surface area contributed by atoms with Crippen LogP contribution in [0.15, 0.2) is 29.3 Å². The van der Waals surface area contributed by atoms with E-state index in [9.17, 15) is 4.39 Å². The first-order chi connectivity index (χ1) is 11.5. The summed E-state index contributed by atoms with van der Waals surface area (Å²) >= 11 is 0. The Morgan fingerprint density at radius 1 is 1.29 bits per heavy atom. The number of benzene rings is 1. The lowest BCUT2D eigenvalue weighted by molar-refractivity contribution is 0.0263. The molecule has 5 heteroatoms. The van der Waals surface area contributed by atoms with Crippen molar-refractivity contribution in [2.75, 3.05) is 33.3 Å². The zero-order valence-corrected chi connectivity index (χ0v) is 15.3. The minimum absolute atomic E-state index is 0.104. The van der Waals surface area contributed by atoms with Crippen LogP contribution in [0.1, 0.15) is 39.2 Å². The number of aliphatic imine (C=N–C) groups is 1. The fourth-order valence-corrected chi connectivity index (χ4v) is 3.11. The van der Waals surface area contributed by atoms with Crippen LogP contribution >= 0.6 is 0 Å². The average Bonchev–Trinajstić information content (AvgIpc) is 2.57. The molecular weight excluding hydrogens is 305 g/mol. The van der Waals surface area contributed by atoms with Crippen LogP contribution in [0.3, 0.4) is 0 Å². The zero-order valence-electron chi connectivity index (χ0n) is 15.3. The molecule has 4 nitrogen and oxygen atoms in total. The Morgan fingerprint density at radius 2 is 1.92 bits per heavy atom. The molecule has 1 saturated heterocycles. The second-order valence-electron chi connectivity index (χ2n) is 6.93. The van der Waals surface area contributed by atoms with Gasteiger partial charge in [-0.05, 0) is 37.5 Å². The quantitative estimate of drug-likeness (QED) is 0.663. The molecule has 0 aromatic heterocycles. The van der Waals surface area contributed by atoms with Crippen LogP contribution < -0.4 is 5.32 Å². The highest BCUT2D eigenvalue weighted by molar-refractivity contribution is 5.80. The molecule has 1 aromatic carbocycles. The fourth-order valence-electron chi connectivity index (χ4n) is 3.11. The summed E-state index contributed by atoms with van der Waals surface area (Å²) in [5.41, 5.74) is 1.01. The predicted octanol–water partition coefficient (Wildman–Crippen LogP) is 3.18. The van der Waals surface area contributed by atoms with Crippen molar-refractivity contribution < 1.29 is 9.13 Å². The first-order valence-electron chi connectivity index (χ1n) is 8.79. The number of nitrogens with zero attached hydrogens (tertiary/aromatic N) is 2. The van der Waals surface area contributed by atoms with E-state index < -0.39 is 0 Å². The number of hydrogen-bond acceptors (Lipinski definition) is 2. The largest absolute Gasteiger partial charge is 0.378 e. The van der Waals surface area contributed by atoms with Crippen molar-refractivity contribution in [2.24, 2.45) is 4.99 Å². The molecule has 0 bridgehead atoms. The number of ether oxygens (including phenoxy) is 1. The van der Waals surface area contributed by atoms with Crippen molar-refractivity contribution in [2.45, 2.75) is 45.1 Å². The Bertz CT molecular complexity index is 534. The Kier molecular flexibility index (Phi) is 6.60. The summed E-state index contributed by atoms with van der Waals surface area (Å²) in [7, 11) is 1.82. The highest BCUT2D eigenvalue weighted by atomic mass is 19.1. The molecule has 1 aliphatic rings. The lowest BCUT2D eigenvalue weighted by Gasteiger charge is -2.35. The van der Waals surface area contributed by atoms with E-state index in [0.717, 1.165) is 50.6 Å². The third-order valence-electron chi connectivity index (χ3n) is 4.67. The molecule has 0 spiro atoms. The normalized spacial score (nSPS) is 17.2. The Labute approximate surface area is 145 Å². The van der Waals surface area contributed by atoms with Gasteiger partial charge in [-0.15, -0.1) is 0 Å². The van der Waals surface area contributed by atoms with Crippen molar-refractivity contribution in [3.8, 4) is 0 Å². The van der Waals surface area contributed by atoms with Gasteiger partial charge in [-0.3, -0.25) is 4.99 Å². The summed E-state index contributed by atoms with van der Waals surface area (Å²) in [5.74, 6) is 0.732. The molecule has 0 radical (unpaired) electrons. The van der Waals surface area contributed by atoms with Gasteiger partial charge in [0.2, 0.25) is 0 Å². The smallest absolute Gasteiger partial charge is 0.193 e. The van der Waals surface area contributed by atoms with Gasteiger partial charge in [0.25, 0.3) is 0 Å². The number of likely N-dealkylation sites (tertiary alicyclic amines) is 1. The summed E-state index contributed by atoms with van der Waals surface area (Å²) in [6, 6.07) is 6.75. The van der Waals surface area contributed by atoms with Crippen LogP contribution in [-0.4, -0.2) is 50.3 Å². The van der Waals surface area contributed by atoms with Crippen LogP contribution in [0.4, 0.5) is 4.39 Å². The SMILES string of the molecule is CCOC1CCN(C(=NC)NCC(C)(C)c2ccc(F)cc2)CC1. The van der Waals surface area contributed by atoms with Gasteiger partial charge >= 0.3 is 0 Å². The van der Waals surface area contributed by atoms with E-state index in [4.69, 9.17) is 4.74 Å². The zero-order chi connectivity index (χ0) is 17.6. The first kappa shape index (κ1) is 18.7. The maximum atomic E-state index is 13.1. The van der Waals surface area contributed by atoms with Crippen molar-refractivity contribution in [1.29, 1.82) is 0 Å². The van der Waals surface area contributed by atoms with Gasteiger partial charge in [-0.2, -0.15) is 0 Å². The molecule has 1 fully saturated rings. The average molecular weight is 335 g/mol. The summed E-state index contributed by atoms with van der Waals surface area (Å²) in [5, 5.41) is 3.48. The van der Waals surface area contributed by atoms with Crippen LogP contribution in [0.2, 0.25) is 0 Å². The summed E-state index contributed by atoms with van der Waals surface area (Å²) in [4.78, 5) is 6.71. The van der Waals surface area contributed by atoms with Crippen molar-refractivity contribution in [1.82, 2.24) is 10.2 Å². The third kappa shape index (κ3) is 4.94. The summed E-state index contributed by atoms with van der Waals surface area (Å²) in [6.07, 6.45) is 2.45. The van der Waals surface area contributed by atoms with Gasteiger partial charge in [0.15, 0.2) is 5.96 Å². The van der Waals surface area contributed by atoms with Crippen LogP contribution in [0.5, 0.6) is 0 Å². The van der Waals surface area contributed by atoms with E-state index in [1.165, 1.54) is 12.1 Å².